The van der Waals surface area contributed by atoms with Gasteiger partial charge >= 0.3 is 0 Å². The summed E-state index contributed by atoms with van der Waals surface area (Å²) in [4.78, 5) is 15.2. The molecule has 0 aromatic carbocycles. The Morgan fingerprint density at radius 2 is 2.31 bits per heavy atom. The molecule has 0 unspecified atom stereocenters. The Hall–Kier alpha value is -1.25. The number of Topliss-reactive ketones (excluding diaryl/α,β-unsaturated/α-hetero) is 1. The summed E-state index contributed by atoms with van der Waals surface area (Å²) in [6.45, 7) is 5.26. The molecule has 0 aromatic heterocycles. The number of nitrogens with zero attached hydrogens (tertiary/aromatic N) is 3. The van der Waals surface area contributed by atoms with Crippen LogP contribution in [0.15, 0.2) is 12.4 Å². The molecule has 1 rings (SSSR count). The first-order valence-corrected chi connectivity index (χ1v) is 5.21. The number of likely N-dealkylation sites (N-methyl/N-ethyl adjacent to an activating group) is 1. The molecule has 16 heavy (non-hydrogen) atoms. The minimum atomic E-state index is -0.908. The standard InChI is InChI=1S/C11H16FN3O/c1-9(12)11(16)8-15-6-5-14(2)7-10(15)3-4-13/h10H,1,3,5-8H2,2H3/t10-/m0/s1. The second-order valence-electron chi connectivity index (χ2n) is 4.08. The van der Waals surface area contributed by atoms with Crippen LogP contribution in [0.4, 0.5) is 4.39 Å². The van der Waals surface area contributed by atoms with E-state index in [4.69, 9.17) is 5.26 Å². The number of ketones is 1. The van der Waals surface area contributed by atoms with Crippen molar-refractivity contribution in [2.45, 2.75) is 12.5 Å². The van der Waals surface area contributed by atoms with Gasteiger partial charge in [-0.05, 0) is 7.05 Å². The average Bonchev–Trinajstić information content (AvgIpc) is 2.22. The van der Waals surface area contributed by atoms with Gasteiger partial charge < -0.3 is 4.90 Å². The molecule has 0 saturated carbocycles. The van der Waals surface area contributed by atoms with Gasteiger partial charge in [0.1, 0.15) is 0 Å². The van der Waals surface area contributed by atoms with Crippen LogP contribution < -0.4 is 0 Å². The molecule has 1 atom stereocenters. The van der Waals surface area contributed by atoms with Crippen LogP contribution in [0.2, 0.25) is 0 Å². The molecule has 0 radical (unpaired) electrons. The van der Waals surface area contributed by atoms with Crippen LogP contribution in [-0.4, -0.2) is 54.9 Å². The highest BCUT2D eigenvalue weighted by Gasteiger charge is 2.27. The summed E-state index contributed by atoms with van der Waals surface area (Å²) in [5.41, 5.74) is 0. The van der Waals surface area contributed by atoms with Gasteiger partial charge in [0.25, 0.3) is 0 Å². The Bertz CT molecular complexity index is 324. The van der Waals surface area contributed by atoms with Gasteiger partial charge in [-0.25, -0.2) is 4.39 Å². The summed E-state index contributed by atoms with van der Waals surface area (Å²) >= 11 is 0. The molecular weight excluding hydrogens is 209 g/mol. The fraction of sp³-hybridized carbons (Fsp3) is 0.636. The van der Waals surface area contributed by atoms with Crippen molar-refractivity contribution in [2.75, 3.05) is 33.2 Å². The zero-order valence-corrected chi connectivity index (χ0v) is 9.45. The predicted molar refractivity (Wildman–Crippen MR) is 58.3 cm³/mol. The second-order valence-corrected chi connectivity index (χ2v) is 4.08. The van der Waals surface area contributed by atoms with Crippen molar-refractivity contribution in [2.24, 2.45) is 0 Å². The van der Waals surface area contributed by atoms with E-state index in [2.05, 4.69) is 17.5 Å². The Kier molecular flexibility index (Phi) is 4.59. The molecule has 4 nitrogen and oxygen atoms in total. The van der Waals surface area contributed by atoms with Crippen LogP contribution in [-0.2, 0) is 4.79 Å². The number of rotatable bonds is 4. The largest absolute Gasteiger partial charge is 0.304 e. The fourth-order valence-corrected chi connectivity index (χ4v) is 1.83. The fourth-order valence-electron chi connectivity index (χ4n) is 1.83. The van der Waals surface area contributed by atoms with Crippen molar-refractivity contribution in [1.82, 2.24) is 9.80 Å². The van der Waals surface area contributed by atoms with Crippen LogP contribution in [0.3, 0.4) is 0 Å². The van der Waals surface area contributed by atoms with Gasteiger partial charge in [-0.1, -0.05) is 6.58 Å². The third-order valence-electron chi connectivity index (χ3n) is 2.78. The van der Waals surface area contributed by atoms with E-state index in [1.807, 2.05) is 11.9 Å². The topological polar surface area (TPSA) is 47.3 Å². The number of carbonyl (C=O) groups excluding carboxylic acids is 1. The third-order valence-corrected chi connectivity index (χ3v) is 2.78. The number of carbonyl (C=O) groups is 1. The minimum Gasteiger partial charge on any atom is -0.304 e. The quantitative estimate of drug-likeness (QED) is 0.656. The van der Waals surface area contributed by atoms with E-state index >= 15 is 0 Å². The van der Waals surface area contributed by atoms with E-state index in [9.17, 15) is 9.18 Å². The Labute approximate surface area is 94.9 Å². The van der Waals surface area contributed by atoms with Crippen LogP contribution >= 0.6 is 0 Å². The average molecular weight is 225 g/mol. The molecule has 0 aliphatic carbocycles. The number of halogens is 1. The maximum Gasteiger partial charge on any atom is 0.204 e. The predicted octanol–water partition coefficient (Wildman–Crippen LogP) is 0.568. The monoisotopic (exact) mass is 225 g/mol. The van der Waals surface area contributed by atoms with Crippen molar-refractivity contribution in [3.63, 3.8) is 0 Å². The zero-order chi connectivity index (χ0) is 12.1. The molecule has 1 aliphatic heterocycles. The van der Waals surface area contributed by atoms with Gasteiger partial charge in [0, 0.05) is 25.7 Å². The van der Waals surface area contributed by atoms with Gasteiger partial charge in [-0.3, -0.25) is 9.69 Å². The molecule has 0 amide bonds. The highest BCUT2D eigenvalue weighted by Crippen LogP contribution is 2.12. The first-order valence-electron chi connectivity index (χ1n) is 5.21. The van der Waals surface area contributed by atoms with Crippen LogP contribution in [0.5, 0.6) is 0 Å². The first kappa shape index (κ1) is 12.8. The second kappa shape index (κ2) is 5.73. The summed E-state index contributed by atoms with van der Waals surface area (Å²) < 4.78 is 12.6. The van der Waals surface area contributed by atoms with Crippen LogP contribution in [0.25, 0.3) is 0 Å². The lowest BCUT2D eigenvalue weighted by Crippen LogP contribution is -2.53. The lowest BCUT2D eigenvalue weighted by atomic mass is 10.1. The summed E-state index contributed by atoms with van der Waals surface area (Å²) in [5.74, 6) is -1.50. The van der Waals surface area contributed by atoms with Crippen molar-refractivity contribution in [1.29, 1.82) is 5.26 Å². The van der Waals surface area contributed by atoms with Crippen molar-refractivity contribution >= 4 is 5.78 Å². The smallest absolute Gasteiger partial charge is 0.204 e. The molecule has 1 saturated heterocycles. The zero-order valence-electron chi connectivity index (χ0n) is 9.45. The lowest BCUT2D eigenvalue weighted by molar-refractivity contribution is -0.119. The van der Waals surface area contributed by atoms with Gasteiger partial charge in [0.15, 0.2) is 5.83 Å². The lowest BCUT2D eigenvalue weighted by Gasteiger charge is -2.38. The number of piperazine rings is 1. The molecule has 0 spiro atoms. The molecule has 1 heterocycles. The molecule has 1 aliphatic rings. The van der Waals surface area contributed by atoms with Gasteiger partial charge in [0.05, 0.1) is 19.0 Å². The van der Waals surface area contributed by atoms with Crippen LogP contribution in [0.1, 0.15) is 6.42 Å². The highest BCUT2D eigenvalue weighted by atomic mass is 19.1. The Morgan fingerprint density at radius 1 is 1.62 bits per heavy atom. The summed E-state index contributed by atoms with van der Waals surface area (Å²) in [7, 11) is 1.97. The normalized spacial score (nSPS) is 22.7. The Morgan fingerprint density at radius 3 is 2.88 bits per heavy atom. The van der Waals surface area contributed by atoms with E-state index in [1.54, 1.807) is 0 Å². The van der Waals surface area contributed by atoms with Gasteiger partial charge in [-0.15, -0.1) is 0 Å². The number of hydrogen-bond acceptors (Lipinski definition) is 4. The molecule has 5 heteroatoms. The summed E-state index contributed by atoms with van der Waals surface area (Å²) in [6.07, 6.45) is 0.358. The third kappa shape index (κ3) is 3.40. The number of hydrogen-bond donors (Lipinski definition) is 0. The highest BCUT2D eigenvalue weighted by molar-refractivity contribution is 5.94. The van der Waals surface area contributed by atoms with E-state index < -0.39 is 11.6 Å². The molecule has 88 valence electrons. The number of nitriles is 1. The van der Waals surface area contributed by atoms with E-state index in [0.717, 1.165) is 13.1 Å². The van der Waals surface area contributed by atoms with Gasteiger partial charge in [-0.2, -0.15) is 5.26 Å². The first-order chi connectivity index (χ1) is 7.54. The van der Waals surface area contributed by atoms with Crippen molar-refractivity contribution in [3.05, 3.63) is 12.4 Å². The Balaban J connectivity index is 2.59. The van der Waals surface area contributed by atoms with Crippen LogP contribution in [0, 0.1) is 11.3 Å². The van der Waals surface area contributed by atoms with Gasteiger partial charge in [0.2, 0.25) is 5.78 Å². The molecular formula is C11H16FN3O. The molecule has 1 fully saturated rings. The molecule has 0 N–H and O–H groups in total. The minimum absolute atomic E-state index is 0.00653. The van der Waals surface area contributed by atoms with E-state index in [1.165, 1.54) is 0 Å². The maximum absolute atomic E-state index is 12.6. The van der Waals surface area contributed by atoms with E-state index in [-0.39, 0.29) is 12.6 Å². The SMILES string of the molecule is C=C(F)C(=O)CN1CCN(C)C[C@@H]1CC#N. The molecule has 0 aromatic rings. The van der Waals surface area contributed by atoms with Crippen molar-refractivity contribution < 1.29 is 9.18 Å². The van der Waals surface area contributed by atoms with E-state index in [0.29, 0.717) is 13.0 Å². The molecule has 0 bridgehead atoms. The maximum atomic E-state index is 12.6. The van der Waals surface area contributed by atoms with Crippen molar-refractivity contribution in [3.8, 4) is 6.07 Å². The summed E-state index contributed by atoms with van der Waals surface area (Å²) in [5, 5.41) is 8.69. The summed E-state index contributed by atoms with van der Waals surface area (Å²) in [6, 6.07) is 2.10.